The molecule has 1 aromatic carbocycles. The highest BCUT2D eigenvalue weighted by atomic mass is 79.9. The molecule has 0 unspecified atom stereocenters. The average molecular weight is 332 g/mol. The maximum Gasteiger partial charge on any atom is 0.270 e. The number of nitro benzene ring substituents is 1. The number of rotatable bonds is 2. The van der Waals surface area contributed by atoms with Gasteiger partial charge in [0.05, 0.1) is 15.1 Å². The van der Waals surface area contributed by atoms with Crippen molar-refractivity contribution in [1.82, 2.24) is 9.38 Å². The van der Waals surface area contributed by atoms with Crippen molar-refractivity contribution in [3.05, 3.63) is 62.9 Å². The monoisotopic (exact) mass is 331 g/mol. The third-order valence-corrected chi connectivity index (χ3v) is 3.79. The Morgan fingerprint density at radius 2 is 2.10 bits per heavy atom. The number of halogens is 1. The van der Waals surface area contributed by atoms with Gasteiger partial charge in [-0.3, -0.25) is 10.1 Å². The van der Waals surface area contributed by atoms with E-state index in [1.807, 2.05) is 35.7 Å². The summed E-state index contributed by atoms with van der Waals surface area (Å²) in [6.07, 6.45) is 1.92. The summed E-state index contributed by atoms with van der Waals surface area (Å²) in [6, 6.07) is 10.4. The highest BCUT2D eigenvalue weighted by molar-refractivity contribution is 9.10. The van der Waals surface area contributed by atoms with E-state index in [-0.39, 0.29) is 5.69 Å². The largest absolute Gasteiger partial charge is 0.303 e. The lowest BCUT2D eigenvalue weighted by Crippen LogP contribution is -1.89. The molecule has 2 heterocycles. The molecule has 20 heavy (non-hydrogen) atoms. The van der Waals surface area contributed by atoms with E-state index in [1.165, 1.54) is 6.07 Å². The molecule has 6 heteroatoms. The van der Waals surface area contributed by atoms with E-state index in [0.717, 1.165) is 27.1 Å². The maximum atomic E-state index is 10.9. The van der Waals surface area contributed by atoms with E-state index >= 15 is 0 Å². The van der Waals surface area contributed by atoms with Gasteiger partial charge in [0.15, 0.2) is 5.65 Å². The first kappa shape index (κ1) is 12.8. The zero-order chi connectivity index (χ0) is 14.3. The summed E-state index contributed by atoms with van der Waals surface area (Å²) in [5.41, 5.74) is 3.30. The Balaban J connectivity index is 2.25. The second-order valence-corrected chi connectivity index (χ2v) is 5.26. The molecule has 5 nitrogen and oxygen atoms in total. The van der Waals surface area contributed by atoms with Crippen molar-refractivity contribution < 1.29 is 4.92 Å². The van der Waals surface area contributed by atoms with Gasteiger partial charge in [0.25, 0.3) is 5.69 Å². The number of fused-ring (bicyclic) bond motifs is 1. The first-order valence-electron chi connectivity index (χ1n) is 5.96. The van der Waals surface area contributed by atoms with Crippen molar-refractivity contribution in [2.45, 2.75) is 6.92 Å². The number of non-ortho nitro benzene ring substituents is 1. The number of aromatic nitrogens is 2. The smallest absolute Gasteiger partial charge is 0.270 e. The molecule has 0 saturated heterocycles. The van der Waals surface area contributed by atoms with Gasteiger partial charge in [-0.05, 0) is 35.0 Å². The molecule has 3 rings (SSSR count). The van der Waals surface area contributed by atoms with Crippen molar-refractivity contribution in [3.63, 3.8) is 0 Å². The second-order valence-electron chi connectivity index (χ2n) is 4.40. The number of aryl methyl sites for hydroxylation is 1. The lowest BCUT2D eigenvalue weighted by Gasteiger charge is -1.99. The zero-order valence-corrected chi connectivity index (χ0v) is 12.2. The Kier molecular flexibility index (Phi) is 3.02. The van der Waals surface area contributed by atoms with Crippen LogP contribution in [0.3, 0.4) is 0 Å². The van der Waals surface area contributed by atoms with Crippen LogP contribution < -0.4 is 0 Å². The lowest BCUT2D eigenvalue weighted by molar-refractivity contribution is -0.384. The molecule has 0 bridgehead atoms. The fourth-order valence-corrected chi connectivity index (χ4v) is 2.63. The summed E-state index contributed by atoms with van der Waals surface area (Å²) >= 11 is 3.46. The van der Waals surface area contributed by atoms with Gasteiger partial charge in [-0.1, -0.05) is 12.1 Å². The van der Waals surface area contributed by atoms with Crippen LogP contribution in [0, 0.1) is 17.0 Å². The molecule has 0 N–H and O–H groups in total. The summed E-state index contributed by atoms with van der Waals surface area (Å²) in [5, 5.41) is 10.9. The predicted octanol–water partition coefficient (Wildman–Crippen LogP) is 3.98. The topological polar surface area (TPSA) is 60.4 Å². The fourth-order valence-electron chi connectivity index (χ4n) is 2.19. The van der Waals surface area contributed by atoms with E-state index in [1.54, 1.807) is 12.1 Å². The van der Waals surface area contributed by atoms with E-state index < -0.39 is 4.92 Å². The predicted molar refractivity (Wildman–Crippen MR) is 79.7 cm³/mol. The molecule has 0 saturated carbocycles. The lowest BCUT2D eigenvalue weighted by atomic mass is 10.1. The molecule has 0 aliphatic heterocycles. The van der Waals surface area contributed by atoms with Crippen LogP contribution in [-0.4, -0.2) is 14.3 Å². The van der Waals surface area contributed by atoms with E-state index in [2.05, 4.69) is 20.9 Å². The van der Waals surface area contributed by atoms with E-state index in [9.17, 15) is 10.1 Å². The first-order valence-corrected chi connectivity index (χ1v) is 6.75. The van der Waals surface area contributed by atoms with Gasteiger partial charge in [0.2, 0.25) is 0 Å². The Labute approximate surface area is 123 Å². The van der Waals surface area contributed by atoms with Crippen molar-refractivity contribution in [2.75, 3.05) is 0 Å². The number of nitro groups is 1. The van der Waals surface area contributed by atoms with Crippen LogP contribution in [0.15, 0.2) is 47.1 Å². The minimum atomic E-state index is -0.398. The average Bonchev–Trinajstić information content (AvgIpc) is 2.78. The van der Waals surface area contributed by atoms with Crippen LogP contribution in [0.5, 0.6) is 0 Å². The molecule has 3 aromatic rings. The zero-order valence-electron chi connectivity index (χ0n) is 10.6. The molecular weight excluding hydrogens is 322 g/mol. The Morgan fingerprint density at radius 3 is 2.80 bits per heavy atom. The SMILES string of the molecule is Cc1c(-c2cccc([N+](=O)[O-])c2)nc2c(Br)cccn12. The number of pyridine rings is 1. The van der Waals surface area contributed by atoms with Gasteiger partial charge in [-0.15, -0.1) is 0 Å². The van der Waals surface area contributed by atoms with Crippen molar-refractivity contribution in [1.29, 1.82) is 0 Å². The van der Waals surface area contributed by atoms with Crippen LogP contribution in [-0.2, 0) is 0 Å². The minimum absolute atomic E-state index is 0.0676. The normalized spacial score (nSPS) is 10.9. The van der Waals surface area contributed by atoms with Crippen LogP contribution in [0.1, 0.15) is 5.69 Å². The molecule has 0 aliphatic carbocycles. The van der Waals surface area contributed by atoms with Crippen LogP contribution in [0.25, 0.3) is 16.9 Å². The molecule has 0 radical (unpaired) electrons. The fraction of sp³-hybridized carbons (Fsp3) is 0.0714. The molecule has 0 amide bonds. The third kappa shape index (κ3) is 1.98. The van der Waals surface area contributed by atoms with Crippen LogP contribution in [0.2, 0.25) is 0 Å². The number of imidazole rings is 1. The van der Waals surface area contributed by atoms with Gasteiger partial charge < -0.3 is 4.40 Å². The van der Waals surface area contributed by atoms with E-state index in [0.29, 0.717) is 0 Å². The summed E-state index contributed by atoms with van der Waals surface area (Å²) in [6.45, 7) is 1.95. The summed E-state index contributed by atoms with van der Waals surface area (Å²) < 4.78 is 2.85. The van der Waals surface area contributed by atoms with Crippen molar-refractivity contribution in [2.24, 2.45) is 0 Å². The quantitative estimate of drug-likeness (QED) is 0.527. The Bertz CT molecular complexity index is 826. The molecule has 0 fully saturated rings. The molecular formula is C14H10BrN3O2. The van der Waals surface area contributed by atoms with Crippen molar-refractivity contribution in [3.8, 4) is 11.3 Å². The maximum absolute atomic E-state index is 10.9. The van der Waals surface area contributed by atoms with Gasteiger partial charge in [0, 0.05) is 29.6 Å². The minimum Gasteiger partial charge on any atom is -0.303 e. The standard InChI is InChI=1S/C14H10BrN3O2/c1-9-13(10-4-2-5-11(8-10)18(19)20)16-14-12(15)6-3-7-17(9)14/h2-8H,1H3. The molecule has 0 atom stereocenters. The number of nitrogens with zero attached hydrogens (tertiary/aromatic N) is 3. The number of hydrogen-bond acceptors (Lipinski definition) is 3. The van der Waals surface area contributed by atoms with Crippen LogP contribution >= 0.6 is 15.9 Å². The molecule has 0 aliphatic rings. The summed E-state index contributed by atoms with van der Waals surface area (Å²) in [5.74, 6) is 0. The second kappa shape index (κ2) is 4.72. The molecule has 2 aromatic heterocycles. The highest BCUT2D eigenvalue weighted by Gasteiger charge is 2.14. The number of benzene rings is 1. The first-order chi connectivity index (χ1) is 9.58. The number of hydrogen-bond donors (Lipinski definition) is 0. The van der Waals surface area contributed by atoms with Crippen LogP contribution in [0.4, 0.5) is 5.69 Å². The van der Waals surface area contributed by atoms with Gasteiger partial charge >= 0.3 is 0 Å². The van der Waals surface area contributed by atoms with Gasteiger partial charge in [-0.25, -0.2) is 4.98 Å². The third-order valence-electron chi connectivity index (χ3n) is 3.17. The summed E-state index contributed by atoms with van der Waals surface area (Å²) in [4.78, 5) is 15.0. The highest BCUT2D eigenvalue weighted by Crippen LogP contribution is 2.29. The Hall–Kier alpha value is -2.21. The Morgan fingerprint density at radius 1 is 1.30 bits per heavy atom. The van der Waals surface area contributed by atoms with Gasteiger partial charge in [0.1, 0.15) is 0 Å². The van der Waals surface area contributed by atoms with Crippen molar-refractivity contribution >= 4 is 27.3 Å². The van der Waals surface area contributed by atoms with E-state index in [4.69, 9.17) is 0 Å². The van der Waals surface area contributed by atoms with Gasteiger partial charge in [-0.2, -0.15) is 0 Å². The molecule has 100 valence electrons. The summed E-state index contributed by atoms with van der Waals surface area (Å²) in [7, 11) is 0. The molecule has 0 spiro atoms.